The molecule has 0 amide bonds. The van der Waals surface area contributed by atoms with Gasteiger partial charge in [0.2, 0.25) is 0 Å². The number of Topliss-reactive ketones (excluding diaryl/α,β-unsaturated/α-hetero) is 2. The molecule has 28 heavy (non-hydrogen) atoms. The number of fused-ring (bicyclic) bond motifs is 3. The molecule has 4 saturated carbocycles. The molecule has 4 rings (SSSR count). The van der Waals surface area contributed by atoms with Crippen LogP contribution in [-0.2, 0) is 19.1 Å². The zero-order valence-corrected chi connectivity index (χ0v) is 16.9. The van der Waals surface area contributed by atoms with Crippen LogP contribution in [0.2, 0.25) is 0 Å². The standard InChI is InChI=1S/C22H30O6/c1-11-13-8-14(24)17-21(4)7-5-6-20(3,10-28-12(2)23)15(21)9-16(25)22(17,18(11)26)19(13)27/h13,15-17,19,25,27H,1,5-10H2,2-4H3/t13-,15+,16+,17-,19+,20+,21+,22+/m0/s1. The predicted molar refractivity (Wildman–Crippen MR) is 100 cm³/mol. The molecule has 4 aliphatic carbocycles. The van der Waals surface area contributed by atoms with Crippen molar-refractivity contribution in [2.24, 2.45) is 34.0 Å². The van der Waals surface area contributed by atoms with Gasteiger partial charge in [-0.2, -0.15) is 0 Å². The van der Waals surface area contributed by atoms with Gasteiger partial charge in [0, 0.05) is 30.6 Å². The molecule has 154 valence electrons. The van der Waals surface area contributed by atoms with Gasteiger partial charge in [0.25, 0.3) is 0 Å². The smallest absolute Gasteiger partial charge is 0.302 e. The van der Waals surface area contributed by atoms with Crippen molar-refractivity contribution < 1.29 is 29.3 Å². The van der Waals surface area contributed by atoms with E-state index < -0.39 is 34.9 Å². The molecule has 2 bridgehead atoms. The molecule has 0 aromatic rings. The van der Waals surface area contributed by atoms with Gasteiger partial charge in [0.1, 0.15) is 5.78 Å². The molecule has 0 heterocycles. The molecule has 6 heteroatoms. The number of hydrogen-bond acceptors (Lipinski definition) is 6. The van der Waals surface area contributed by atoms with Crippen LogP contribution in [0.3, 0.4) is 0 Å². The highest BCUT2D eigenvalue weighted by atomic mass is 16.5. The first kappa shape index (κ1) is 19.8. The molecular formula is C22H30O6. The normalized spacial score (nSPS) is 50.2. The summed E-state index contributed by atoms with van der Waals surface area (Å²) >= 11 is 0. The Morgan fingerprint density at radius 2 is 1.93 bits per heavy atom. The highest BCUT2D eigenvalue weighted by Gasteiger charge is 2.76. The second kappa shape index (κ2) is 5.99. The third-order valence-electron chi connectivity index (χ3n) is 8.60. The first-order chi connectivity index (χ1) is 13.0. The van der Waals surface area contributed by atoms with Gasteiger partial charge in [-0.05, 0) is 36.2 Å². The zero-order chi connectivity index (χ0) is 20.6. The number of rotatable bonds is 2. The Hall–Kier alpha value is -1.53. The largest absolute Gasteiger partial charge is 0.465 e. The second-order valence-electron chi connectivity index (χ2n) is 10.0. The lowest BCUT2D eigenvalue weighted by molar-refractivity contribution is -0.226. The van der Waals surface area contributed by atoms with E-state index in [9.17, 15) is 24.6 Å². The summed E-state index contributed by atoms with van der Waals surface area (Å²) in [5.74, 6) is -2.14. The fraction of sp³-hybridized carbons (Fsp3) is 0.773. The summed E-state index contributed by atoms with van der Waals surface area (Å²) in [6, 6.07) is 0. The fourth-order valence-electron chi connectivity index (χ4n) is 7.47. The lowest BCUT2D eigenvalue weighted by atomic mass is 9.39. The summed E-state index contributed by atoms with van der Waals surface area (Å²) in [7, 11) is 0. The lowest BCUT2D eigenvalue weighted by Gasteiger charge is -2.64. The van der Waals surface area contributed by atoms with Crippen LogP contribution in [0.5, 0.6) is 0 Å². The Morgan fingerprint density at radius 3 is 2.57 bits per heavy atom. The van der Waals surface area contributed by atoms with Crippen molar-refractivity contribution in [3.63, 3.8) is 0 Å². The lowest BCUT2D eigenvalue weighted by Crippen LogP contribution is -2.69. The second-order valence-corrected chi connectivity index (χ2v) is 10.0. The zero-order valence-electron chi connectivity index (χ0n) is 16.9. The molecule has 0 aliphatic heterocycles. The van der Waals surface area contributed by atoms with Gasteiger partial charge < -0.3 is 14.9 Å². The number of hydrogen-bond donors (Lipinski definition) is 2. The molecular weight excluding hydrogens is 360 g/mol. The Bertz CT molecular complexity index is 773. The molecule has 8 atom stereocenters. The molecule has 0 radical (unpaired) electrons. The van der Waals surface area contributed by atoms with Gasteiger partial charge in [0.05, 0.1) is 24.2 Å². The highest BCUT2D eigenvalue weighted by Crippen LogP contribution is 2.70. The average Bonchev–Trinajstić information content (AvgIpc) is 2.73. The summed E-state index contributed by atoms with van der Waals surface area (Å²) in [6.07, 6.45) is 0.648. The van der Waals surface area contributed by atoms with Crippen molar-refractivity contribution in [1.82, 2.24) is 0 Å². The van der Waals surface area contributed by atoms with Crippen molar-refractivity contribution in [3.05, 3.63) is 12.2 Å². The Kier molecular flexibility index (Phi) is 4.23. The van der Waals surface area contributed by atoms with Crippen LogP contribution in [0.15, 0.2) is 12.2 Å². The van der Waals surface area contributed by atoms with Gasteiger partial charge >= 0.3 is 5.97 Å². The first-order valence-corrected chi connectivity index (χ1v) is 10.3. The molecule has 2 N–H and O–H groups in total. The number of aliphatic hydroxyl groups is 2. The summed E-state index contributed by atoms with van der Waals surface area (Å²) < 4.78 is 5.36. The van der Waals surface area contributed by atoms with Crippen molar-refractivity contribution in [2.45, 2.75) is 65.1 Å². The van der Waals surface area contributed by atoms with Crippen LogP contribution < -0.4 is 0 Å². The van der Waals surface area contributed by atoms with E-state index in [0.29, 0.717) is 6.42 Å². The summed E-state index contributed by atoms with van der Waals surface area (Å²) in [5.41, 5.74) is -2.12. The molecule has 0 aromatic carbocycles. The molecule has 1 spiro atoms. The quantitative estimate of drug-likeness (QED) is 0.551. The molecule has 4 aliphatic rings. The van der Waals surface area contributed by atoms with E-state index >= 15 is 0 Å². The molecule has 0 unspecified atom stereocenters. The van der Waals surface area contributed by atoms with E-state index in [1.807, 2.05) is 13.8 Å². The Balaban J connectivity index is 1.83. The molecule has 0 aromatic heterocycles. The minimum atomic E-state index is -1.47. The number of carbonyl (C=O) groups excluding carboxylic acids is 3. The number of esters is 1. The van der Waals surface area contributed by atoms with Crippen LogP contribution in [0.25, 0.3) is 0 Å². The SMILES string of the molecule is C=C1C(=O)[C@@]23[C@H](O)C[C@@H]4[C@@](C)(COC(C)=O)CCC[C@@]4(C)[C@@H]2C(=O)C[C@@H]1[C@H]3O. The summed E-state index contributed by atoms with van der Waals surface area (Å²) in [4.78, 5) is 38.0. The maximum absolute atomic E-state index is 13.3. The topological polar surface area (TPSA) is 101 Å². The monoisotopic (exact) mass is 390 g/mol. The van der Waals surface area contributed by atoms with E-state index in [1.54, 1.807) is 0 Å². The van der Waals surface area contributed by atoms with Crippen molar-refractivity contribution in [1.29, 1.82) is 0 Å². The van der Waals surface area contributed by atoms with Gasteiger partial charge in [-0.1, -0.05) is 26.8 Å². The minimum absolute atomic E-state index is 0.0507. The summed E-state index contributed by atoms with van der Waals surface area (Å²) in [5, 5.41) is 22.3. The van der Waals surface area contributed by atoms with Crippen molar-refractivity contribution in [3.8, 4) is 0 Å². The highest BCUT2D eigenvalue weighted by molar-refractivity contribution is 6.09. The predicted octanol–water partition coefficient (Wildman–Crippen LogP) is 1.82. The van der Waals surface area contributed by atoms with Crippen molar-refractivity contribution in [2.75, 3.05) is 6.61 Å². The summed E-state index contributed by atoms with van der Waals surface area (Å²) in [6.45, 7) is 9.54. The molecule has 6 nitrogen and oxygen atoms in total. The van der Waals surface area contributed by atoms with Crippen LogP contribution in [0.4, 0.5) is 0 Å². The van der Waals surface area contributed by atoms with E-state index in [0.717, 1.165) is 19.3 Å². The van der Waals surface area contributed by atoms with Crippen LogP contribution >= 0.6 is 0 Å². The first-order valence-electron chi connectivity index (χ1n) is 10.3. The van der Waals surface area contributed by atoms with Gasteiger partial charge in [-0.25, -0.2) is 0 Å². The third-order valence-corrected chi connectivity index (χ3v) is 8.60. The Morgan fingerprint density at radius 1 is 1.25 bits per heavy atom. The van der Waals surface area contributed by atoms with Crippen molar-refractivity contribution >= 4 is 17.5 Å². The van der Waals surface area contributed by atoms with Crippen LogP contribution in [-0.4, -0.2) is 46.6 Å². The number of aliphatic hydroxyl groups excluding tert-OH is 2. The fourth-order valence-corrected chi connectivity index (χ4v) is 7.47. The van der Waals surface area contributed by atoms with Gasteiger partial charge in [-0.3, -0.25) is 14.4 Å². The van der Waals surface area contributed by atoms with E-state index in [1.165, 1.54) is 6.92 Å². The van der Waals surface area contributed by atoms with E-state index in [2.05, 4.69) is 6.58 Å². The maximum atomic E-state index is 13.3. The van der Waals surface area contributed by atoms with Gasteiger partial charge in [0.15, 0.2) is 5.78 Å². The molecule has 4 fully saturated rings. The van der Waals surface area contributed by atoms with E-state index in [4.69, 9.17) is 4.74 Å². The molecule has 0 saturated heterocycles. The van der Waals surface area contributed by atoms with Crippen LogP contribution in [0, 0.1) is 34.0 Å². The van der Waals surface area contributed by atoms with Crippen LogP contribution in [0.1, 0.15) is 52.9 Å². The minimum Gasteiger partial charge on any atom is -0.465 e. The maximum Gasteiger partial charge on any atom is 0.302 e. The van der Waals surface area contributed by atoms with E-state index in [-0.39, 0.29) is 47.5 Å². The number of ketones is 2. The third kappa shape index (κ3) is 2.19. The number of carbonyl (C=O) groups is 3. The van der Waals surface area contributed by atoms with Gasteiger partial charge in [-0.15, -0.1) is 0 Å². The average molecular weight is 390 g/mol. The number of ether oxygens (including phenoxy) is 1. The Labute approximate surface area is 165 Å².